The molecule has 0 saturated carbocycles. The molecule has 2 aromatic rings. The number of aromatic nitrogens is 1. The fourth-order valence-electron chi connectivity index (χ4n) is 2.93. The summed E-state index contributed by atoms with van der Waals surface area (Å²) < 4.78 is 0. The molecule has 1 amide bonds. The monoisotopic (exact) mass is 317 g/mol. The molecule has 0 bridgehead atoms. The maximum absolute atomic E-state index is 11.5. The molecule has 5 nitrogen and oxygen atoms in total. The van der Waals surface area contributed by atoms with Gasteiger partial charge in [-0.3, -0.25) is 4.79 Å². The van der Waals surface area contributed by atoms with Crippen LogP contribution in [-0.2, 0) is 24.2 Å². The van der Waals surface area contributed by atoms with Crippen LogP contribution < -0.4 is 11.1 Å². The molecular weight excluding hydrogens is 298 g/mol. The van der Waals surface area contributed by atoms with Crippen LogP contribution in [0.25, 0.3) is 0 Å². The maximum Gasteiger partial charge on any atom is 0.227 e. The normalized spacial score (nSPS) is 20.0. The summed E-state index contributed by atoms with van der Waals surface area (Å²) in [5.74, 6) is -1.04. The van der Waals surface area contributed by atoms with Crippen molar-refractivity contribution < 1.29 is 9.90 Å². The molecule has 0 fully saturated rings. The van der Waals surface area contributed by atoms with Crippen molar-refractivity contribution in [2.45, 2.75) is 31.4 Å². The molecular formula is C16H19N3O2S. The van der Waals surface area contributed by atoms with E-state index in [1.54, 1.807) is 11.3 Å². The molecule has 1 aromatic carbocycles. The molecule has 0 spiro atoms. The molecule has 0 saturated heterocycles. The molecule has 1 aliphatic carbocycles. The van der Waals surface area contributed by atoms with Gasteiger partial charge in [0.1, 0.15) is 0 Å². The second-order valence-electron chi connectivity index (χ2n) is 5.59. The molecule has 1 heterocycles. The Morgan fingerprint density at radius 2 is 2.36 bits per heavy atom. The van der Waals surface area contributed by atoms with Crippen LogP contribution in [0.15, 0.2) is 29.1 Å². The highest BCUT2D eigenvalue weighted by atomic mass is 32.1. The fraction of sp³-hybridized carbons (Fsp3) is 0.375. The van der Waals surface area contributed by atoms with Crippen LogP contribution in [0.1, 0.15) is 28.3 Å². The van der Waals surface area contributed by atoms with E-state index in [2.05, 4.69) is 15.7 Å². The van der Waals surface area contributed by atoms with Crippen LogP contribution in [0.3, 0.4) is 0 Å². The molecule has 22 heavy (non-hydrogen) atoms. The van der Waals surface area contributed by atoms with Crippen molar-refractivity contribution in [1.82, 2.24) is 10.3 Å². The molecule has 6 heteroatoms. The molecule has 3 rings (SSSR count). The third-order valence-corrected chi connectivity index (χ3v) is 4.67. The van der Waals surface area contributed by atoms with Crippen molar-refractivity contribution in [1.29, 1.82) is 0 Å². The van der Waals surface area contributed by atoms with Gasteiger partial charge in [-0.05, 0) is 23.1 Å². The second kappa shape index (κ2) is 6.56. The van der Waals surface area contributed by atoms with Crippen LogP contribution >= 0.6 is 11.3 Å². The highest BCUT2D eigenvalue weighted by Crippen LogP contribution is 2.33. The van der Waals surface area contributed by atoms with Crippen molar-refractivity contribution in [3.8, 4) is 0 Å². The summed E-state index contributed by atoms with van der Waals surface area (Å²) in [6.45, 7) is 1.57. The number of nitrogens with two attached hydrogens (primary N) is 1. The first kappa shape index (κ1) is 15.1. The first-order valence-electron chi connectivity index (χ1n) is 7.32. The van der Waals surface area contributed by atoms with Crippen LogP contribution in [0.5, 0.6) is 0 Å². The van der Waals surface area contributed by atoms with Gasteiger partial charge in [-0.1, -0.05) is 18.2 Å². The van der Waals surface area contributed by atoms with Crippen molar-refractivity contribution in [2.75, 3.05) is 6.54 Å². The van der Waals surface area contributed by atoms with Gasteiger partial charge in [0.05, 0.1) is 23.2 Å². The first-order valence-corrected chi connectivity index (χ1v) is 8.26. The Morgan fingerprint density at radius 1 is 1.50 bits per heavy atom. The first-order chi connectivity index (χ1) is 10.6. The number of hydrogen-bond donors (Lipinski definition) is 3. The van der Waals surface area contributed by atoms with Crippen LogP contribution in [0.2, 0.25) is 0 Å². The van der Waals surface area contributed by atoms with Gasteiger partial charge in [0.25, 0.3) is 0 Å². The SMILES string of the molecule is NC(=O)[C@@H]1c2cc(CNCCc3cscn3)ccc2C[C@H]1O. The Hall–Kier alpha value is -1.76. The minimum atomic E-state index is -0.694. The van der Waals surface area contributed by atoms with Crippen molar-refractivity contribution >= 4 is 17.2 Å². The Kier molecular flexibility index (Phi) is 4.52. The largest absolute Gasteiger partial charge is 0.392 e. The molecule has 1 aromatic heterocycles. The molecule has 2 atom stereocenters. The van der Waals surface area contributed by atoms with Gasteiger partial charge < -0.3 is 16.2 Å². The lowest BCUT2D eigenvalue weighted by molar-refractivity contribution is -0.121. The summed E-state index contributed by atoms with van der Waals surface area (Å²) in [4.78, 5) is 15.8. The zero-order valence-electron chi connectivity index (χ0n) is 12.2. The number of nitrogens with zero attached hydrogens (tertiary/aromatic N) is 1. The van der Waals surface area contributed by atoms with Crippen molar-refractivity contribution in [2.24, 2.45) is 5.73 Å². The molecule has 0 aliphatic heterocycles. The van der Waals surface area contributed by atoms with E-state index in [1.165, 1.54) is 0 Å². The van der Waals surface area contributed by atoms with Crippen LogP contribution in [0, 0.1) is 0 Å². The second-order valence-corrected chi connectivity index (χ2v) is 6.31. The van der Waals surface area contributed by atoms with Gasteiger partial charge in [0.2, 0.25) is 5.91 Å². The summed E-state index contributed by atoms with van der Waals surface area (Å²) >= 11 is 1.60. The van der Waals surface area contributed by atoms with Gasteiger partial charge in [-0.25, -0.2) is 4.98 Å². The maximum atomic E-state index is 11.5. The van der Waals surface area contributed by atoms with E-state index in [1.807, 2.05) is 23.7 Å². The summed E-state index contributed by atoms with van der Waals surface area (Å²) in [5.41, 5.74) is 11.3. The van der Waals surface area contributed by atoms with Gasteiger partial charge >= 0.3 is 0 Å². The number of thiazole rings is 1. The van der Waals surface area contributed by atoms with E-state index in [9.17, 15) is 9.90 Å². The van der Waals surface area contributed by atoms with Gasteiger partial charge in [-0.2, -0.15) is 0 Å². The molecule has 0 unspecified atom stereocenters. The number of hydrogen-bond acceptors (Lipinski definition) is 5. The number of rotatable bonds is 6. The number of aliphatic hydroxyl groups is 1. The predicted octanol–water partition coefficient (Wildman–Crippen LogP) is 0.961. The molecule has 0 radical (unpaired) electrons. The number of aliphatic hydroxyl groups excluding tert-OH is 1. The average molecular weight is 317 g/mol. The third kappa shape index (κ3) is 3.19. The number of carbonyl (C=O) groups is 1. The third-order valence-electron chi connectivity index (χ3n) is 4.04. The molecule has 1 aliphatic rings. The summed E-state index contributed by atoms with van der Waals surface area (Å²) in [6, 6.07) is 6.00. The van der Waals surface area contributed by atoms with Crippen molar-refractivity contribution in [3.63, 3.8) is 0 Å². The van der Waals surface area contributed by atoms with Gasteiger partial charge in [0, 0.05) is 24.9 Å². The van der Waals surface area contributed by atoms with E-state index in [0.29, 0.717) is 6.42 Å². The summed E-state index contributed by atoms with van der Waals surface area (Å²) in [5, 5.41) is 15.4. The van der Waals surface area contributed by atoms with E-state index in [4.69, 9.17) is 5.73 Å². The van der Waals surface area contributed by atoms with E-state index < -0.39 is 17.9 Å². The van der Waals surface area contributed by atoms with Crippen molar-refractivity contribution in [3.05, 3.63) is 51.5 Å². The lowest BCUT2D eigenvalue weighted by Gasteiger charge is -2.12. The zero-order chi connectivity index (χ0) is 15.5. The number of nitrogens with one attached hydrogen (secondary N) is 1. The Bertz CT molecular complexity index is 657. The topological polar surface area (TPSA) is 88.2 Å². The predicted molar refractivity (Wildman–Crippen MR) is 85.6 cm³/mol. The fourth-order valence-corrected chi connectivity index (χ4v) is 3.53. The number of amides is 1. The lowest BCUT2D eigenvalue weighted by Crippen LogP contribution is -2.28. The van der Waals surface area contributed by atoms with Gasteiger partial charge in [0.15, 0.2) is 0 Å². The minimum absolute atomic E-state index is 0.458. The Labute approximate surface area is 133 Å². The quantitative estimate of drug-likeness (QED) is 0.693. The zero-order valence-corrected chi connectivity index (χ0v) is 13.0. The Balaban J connectivity index is 1.60. The lowest BCUT2D eigenvalue weighted by atomic mass is 9.97. The molecule has 4 N–H and O–H groups in total. The minimum Gasteiger partial charge on any atom is -0.392 e. The Morgan fingerprint density at radius 3 is 3.09 bits per heavy atom. The number of benzene rings is 1. The smallest absolute Gasteiger partial charge is 0.227 e. The van der Waals surface area contributed by atoms with Crippen LogP contribution in [-0.4, -0.2) is 28.6 Å². The number of primary amides is 1. The van der Waals surface area contributed by atoms with E-state index in [0.717, 1.165) is 41.9 Å². The molecule has 116 valence electrons. The summed E-state index contributed by atoms with van der Waals surface area (Å²) in [6.07, 6.45) is 0.706. The van der Waals surface area contributed by atoms with Crippen LogP contribution in [0.4, 0.5) is 0 Å². The number of fused-ring (bicyclic) bond motifs is 1. The average Bonchev–Trinajstić information content (AvgIpc) is 3.09. The summed E-state index contributed by atoms with van der Waals surface area (Å²) in [7, 11) is 0. The highest BCUT2D eigenvalue weighted by molar-refractivity contribution is 7.07. The number of carbonyl (C=O) groups excluding carboxylic acids is 1. The van der Waals surface area contributed by atoms with Gasteiger partial charge in [-0.15, -0.1) is 11.3 Å². The highest BCUT2D eigenvalue weighted by Gasteiger charge is 2.35. The van der Waals surface area contributed by atoms with E-state index in [-0.39, 0.29) is 0 Å². The standard InChI is InChI=1S/C16H19N3O2S/c17-16(21)15-13-5-10(1-2-11(13)6-14(15)20)7-18-4-3-12-8-22-9-19-12/h1-2,5,8-9,14-15,18,20H,3-4,6-7H2,(H2,17,21)/t14-,15-/m1/s1. The van der Waals surface area contributed by atoms with E-state index >= 15 is 0 Å².